The third kappa shape index (κ3) is 4.87. The van der Waals surface area contributed by atoms with E-state index in [0.29, 0.717) is 31.9 Å². The van der Waals surface area contributed by atoms with Crippen molar-refractivity contribution in [2.45, 2.75) is 25.5 Å². The number of anilines is 1. The van der Waals surface area contributed by atoms with Crippen molar-refractivity contribution in [3.05, 3.63) is 60.2 Å². The largest absolute Gasteiger partial charge is 0.489 e. The molecule has 32 heavy (non-hydrogen) atoms. The van der Waals surface area contributed by atoms with E-state index in [1.165, 1.54) is 0 Å². The van der Waals surface area contributed by atoms with Crippen LogP contribution in [0.3, 0.4) is 0 Å². The summed E-state index contributed by atoms with van der Waals surface area (Å²) in [6.45, 7) is 4.50. The van der Waals surface area contributed by atoms with Gasteiger partial charge in [0.25, 0.3) is 0 Å². The van der Waals surface area contributed by atoms with Gasteiger partial charge in [0.05, 0.1) is 12.5 Å². The number of carbonyl (C=O) groups excluding carboxylic acids is 2. The number of carbonyl (C=O) groups is 2. The average Bonchev–Trinajstić information content (AvgIpc) is 2.79. The van der Waals surface area contributed by atoms with Crippen molar-refractivity contribution in [3.63, 3.8) is 0 Å². The molecule has 0 aliphatic carbocycles. The second kappa shape index (κ2) is 9.58. The minimum atomic E-state index is -0.992. The molecule has 0 radical (unpaired) electrons. The Morgan fingerprint density at radius 2 is 1.75 bits per heavy atom. The van der Waals surface area contributed by atoms with Crippen LogP contribution in [0.25, 0.3) is 0 Å². The predicted molar refractivity (Wildman–Crippen MR) is 120 cm³/mol. The maximum atomic E-state index is 13.3. The van der Waals surface area contributed by atoms with Gasteiger partial charge >= 0.3 is 0 Å². The van der Waals surface area contributed by atoms with Crippen LogP contribution in [0.2, 0.25) is 0 Å². The van der Waals surface area contributed by atoms with Gasteiger partial charge in [0, 0.05) is 31.9 Å². The number of hydroxylamine groups is 2. The maximum Gasteiger partial charge on any atom is 0.243 e. The van der Waals surface area contributed by atoms with Gasteiger partial charge in [-0.2, -0.15) is 5.06 Å². The molecule has 4 rings (SSSR count). The summed E-state index contributed by atoms with van der Waals surface area (Å²) in [6, 6.07) is 16.6. The highest BCUT2D eigenvalue weighted by atomic mass is 16.5. The van der Waals surface area contributed by atoms with Crippen molar-refractivity contribution in [2.75, 3.05) is 37.6 Å². The first kappa shape index (κ1) is 22.1. The van der Waals surface area contributed by atoms with Crippen molar-refractivity contribution in [3.8, 4) is 5.75 Å². The van der Waals surface area contributed by atoms with E-state index in [9.17, 15) is 14.8 Å². The van der Waals surface area contributed by atoms with Gasteiger partial charge in [0.15, 0.2) is 0 Å². The average molecular weight is 439 g/mol. The molecule has 0 bridgehead atoms. The fraction of sp³-hybridized carbons (Fsp3) is 0.417. The number of rotatable bonds is 5. The molecular weight excluding hydrogens is 408 g/mol. The minimum absolute atomic E-state index is 0.123. The highest BCUT2D eigenvalue weighted by Gasteiger charge is 2.45. The first-order valence-corrected chi connectivity index (χ1v) is 11.0. The van der Waals surface area contributed by atoms with Crippen LogP contribution in [0, 0.1) is 12.8 Å². The van der Waals surface area contributed by atoms with E-state index >= 15 is 0 Å². The number of para-hydroxylation sites is 1. The summed E-state index contributed by atoms with van der Waals surface area (Å²) in [5.74, 6) is -1.04. The molecule has 2 amide bonds. The number of hydrogen-bond donors (Lipinski definition) is 2. The summed E-state index contributed by atoms with van der Waals surface area (Å²) in [6.07, 6.45) is -0.168. The molecule has 3 unspecified atom stereocenters. The summed E-state index contributed by atoms with van der Waals surface area (Å²) < 4.78 is 5.98. The van der Waals surface area contributed by atoms with Crippen molar-refractivity contribution in [1.82, 2.24) is 9.96 Å². The molecule has 170 valence electrons. The minimum Gasteiger partial charge on any atom is -0.489 e. The lowest BCUT2D eigenvalue weighted by molar-refractivity contribution is -0.195. The normalized spacial score (nSPS) is 24.2. The van der Waals surface area contributed by atoms with Crippen LogP contribution < -0.4 is 15.4 Å². The third-order valence-corrected chi connectivity index (χ3v) is 6.23. The number of nitrogens with zero attached hydrogens (tertiary/aromatic N) is 3. The molecule has 2 aromatic carbocycles. The van der Waals surface area contributed by atoms with Gasteiger partial charge in [-0.3, -0.25) is 9.59 Å². The monoisotopic (exact) mass is 438 g/mol. The zero-order valence-corrected chi connectivity index (χ0v) is 18.3. The Hall–Kier alpha value is -3.10. The lowest BCUT2D eigenvalue weighted by Gasteiger charge is -2.43. The molecule has 2 aliphatic rings. The van der Waals surface area contributed by atoms with Gasteiger partial charge in [0.2, 0.25) is 11.8 Å². The quantitative estimate of drug-likeness (QED) is 0.737. The summed E-state index contributed by atoms with van der Waals surface area (Å²) in [5, 5.41) is 11.6. The molecule has 2 fully saturated rings. The van der Waals surface area contributed by atoms with E-state index in [1.807, 2.05) is 61.5 Å². The number of hydrogen-bond acceptors (Lipinski definition) is 6. The van der Waals surface area contributed by atoms with Crippen LogP contribution in [-0.2, 0) is 9.59 Å². The number of piperidine rings is 1. The topological polar surface area (TPSA) is 99.3 Å². The number of piperazine rings is 1. The molecule has 3 N–H and O–H groups in total. The molecule has 2 aliphatic heterocycles. The van der Waals surface area contributed by atoms with E-state index in [4.69, 9.17) is 10.5 Å². The zero-order valence-electron chi connectivity index (χ0n) is 18.3. The first-order valence-electron chi connectivity index (χ1n) is 11.0. The highest BCUT2D eigenvalue weighted by Crippen LogP contribution is 2.28. The molecule has 3 atom stereocenters. The smallest absolute Gasteiger partial charge is 0.243 e. The summed E-state index contributed by atoms with van der Waals surface area (Å²) in [7, 11) is 0. The van der Waals surface area contributed by atoms with E-state index < -0.39 is 24.0 Å². The van der Waals surface area contributed by atoms with E-state index in [1.54, 1.807) is 4.90 Å². The molecule has 0 spiro atoms. The molecule has 2 aromatic rings. The maximum absolute atomic E-state index is 13.3. The van der Waals surface area contributed by atoms with Gasteiger partial charge in [-0.25, -0.2) is 0 Å². The molecule has 0 aromatic heterocycles. The molecule has 2 saturated heterocycles. The summed E-state index contributed by atoms with van der Waals surface area (Å²) >= 11 is 0. The van der Waals surface area contributed by atoms with Gasteiger partial charge in [-0.05, 0) is 43.2 Å². The SMILES string of the molecule is Cc1cccc(OC2CC(C(N)=O)C(C(=O)N3CCN(c4ccccc4)CC3)N(O)C2)c1. The Labute approximate surface area is 188 Å². The van der Waals surface area contributed by atoms with E-state index in [-0.39, 0.29) is 18.9 Å². The number of nitrogens with two attached hydrogens (primary N) is 1. The van der Waals surface area contributed by atoms with Crippen LogP contribution >= 0.6 is 0 Å². The Kier molecular flexibility index (Phi) is 6.62. The van der Waals surface area contributed by atoms with Crippen molar-refractivity contribution >= 4 is 17.5 Å². The Morgan fingerprint density at radius 1 is 1.03 bits per heavy atom. The molecule has 8 heteroatoms. The van der Waals surface area contributed by atoms with Gasteiger partial charge in [-0.1, -0.05) is 30.3 Å². The van der Waals surface area contributed by atoms with Gasteiger partial charge in [0.1, 0.15) is 17.9 Å². The van der Waals surface area contributed by atoms with Crippen molar-refractivity contribution in [1.29, 1.82) is 0 Å². The molecule has 8 nitrogen and oxygen atoms in total. The number of amides is 2. The Balaban J connectivity index is 1.41. The molecule has 0 saturated carbocycles. The van der Waals surface area contributed by atoms with Crippen LogP contribution in [0.1, 0.15) is 12.0 Å². The molecular formula is C24H30N4O4. The predicted octanol–water partition coefficient (Wildman–Crippen LogP) is 1.66. The number of ether oxygens (including phenoxy) is 1. The fourth-order valence-corrected chi connectivity index (χ4v) is 4.57. The van der Waals surface area contributed by atoms with Gasteiger partial charge < -0.3 is 25.5 Å². The standard InChI is InChI=1S/C24H30N4O4/c1-17-6-5-9-19(14-17)32-20-15-21(23(25)29)22(28(31)16-20)24(30)27-12-10-26(11-13-27)18-7-3-2-4-8-18/h2-9,14,20-22,31H,10-13,15-16H2,1H3,(H2,25,29). The van der Waals surface area contributed by atoms with Crippen LogP contribution in [0.4, 0.5) is 5.69 Å². The Bertz CT molecular complexity index is 946. The molecule has 2 heterocycles. The number of aryl methyl sites for hydroxylation is 1. The first-order chi connectivity index (χ1) is 15.4. The summed E-state index contributed by atoms with van der Waals surface area (Å²) in [4.78, 5) is 29.5. The van der Waals surface area contributed by atoms with Crippen LogP contribution in [-0.4, -0.2) is 71.9 Å². The second-order valence-corrected chi connectivity index (χ2v) is 8.52. The lowest BCUT2D eigenvalue weighted by atomic mass is 9.87. The summed E-state index contributed by atoms with van der Waals surface area (Å²) in [5.41, 5.74) is 7.82. The third-order valence-electron chi connectivity index (χ3n) is 6.23. The Morgan fingerprint density at radius 3 is 2.41 bits per heavy atom. The van der Waals surface area contributed by atoms with E-state index in [0.717, 1.165) is 16.3 Å². The zero-order chi connectivity index (χ0) is 22.7. The number of primary amides is 1. The van der Waals surface area contributed by atoms with Crippen molar-refractivity contribution in [2.24, 2.45) is 11.7 Å². The van der Waals surface area contributed by atoms with Crippen LogP contribution in [0.5, 0.6) is 5.75 Å². The van der Waals surface area contributed by atoms with Crippen LogP contribution in [0.15, 0.2) is 54.6 Å². The van der Waals surface area contributed by atoms with Crippen molar-refractivity contribution < 1.29 is 19.5 Å². The second-order valence-electron chi connectivity index (χ2n) is 8.52. The number of benzene rings is 2. The fourth-order valence-electron chi connectivity index (χ4n) is 4.57. The van der Waals surface area contributed by atoms with E-state index in [2.05, 4.69) is 4.90 Å². The van der Waals surface area contributed by atoms with Gasteiger partial charge in [-0.15, -0.1) is 0 Å². The highest BCUT2D eigenvalue weighted by molar-refractivity contribution is 5.90. The lowest BCUT2D eigenvalue weighted by Crippen LogP contribution is -2.62.